The lowest BCUT2D eigenvalue weighted by molar-refractivity contribution is -0.142. The van der Waals surface area contributed by atoms with E-state index >= 15 is 0 Å². The van der Waals surface area contributed by atoms with Crippen molar-refractivity contribution in [1.29, 1.82) is 0 Å². The summed E-state index contributed by atoms with van der Waals surface area (Å²) in [7, 11) is 0. The lowest BCUT2D eigenvalue weighted by Crippen LogP contribution is -2.54. The summed E-state index contributed by atoms with van der Waals surface area (Å²) in [5, 5.41) is 2.75. The van der Waals surface area contributed by atoms with Crippen molar-refractivity contribution in [3.8, 4) is 0 Å². The van der Waals surface area contributed by atoms with Crippen LogP contribution in [0.25, 0.3) is 0 Å². The van der Waals surface area contributed by atoms with Crippen molar-refractivity contribution < 1.29 is 22.7 Å². The second-order valence-electron chi connectivity index (χ2n) is 5.40. The van der Waals surface area contributed by atoms with Gasteiger partial charge in [0, 0.05) is 25.7 Å². The average molecular weight is 268 g/mol. The molecule has 0 bridgehead atoms. The Morgan fingerprint density at radius 2 is 2.00 bits per heavy atom. The van der Waals surface area contributed by atoms with Crippen LogP contribution in [0.3, 0.4) is 0 Å². The van der Waals surface area contributed by atoms with Crippen molar-refractivity contribution in [1.82, 2.24) is 10.2 Å². The smallest absolute Gasteiger partial charge is 0.410 e. The topological polar surface area (TPSA) is 41.6 Å². The number of alkyl halides is 3. The zero-order valence-corrected chi connectivity index (χ0v) is 10.8. The summed E-state index contributed by atoms with van der Waals surface area (Å²) >= 11 is 0. The number of nitrogens with zero attached hydrogens (tertiary/aromatic N) is 1. The molecule has 0 unspecified atom stereocenters. The van der Waals surface area contributed by atoms with Crippen LogP contribution in [0.15, 0.2) is 0 Å². The minimum atomic E-state index is -4.23. The Labute approximate surface area is 104 Å². The summed E-state index contributed by atoms with van der Waals surface area (Å²) in [5.41, 5.74) is -0.637. The predicted octanol–water partition coefficient (Wildman–Crippen LogP) is 2.15. The molecule has 4 nitrogen and oxygen atoms in total. The number of rotatable bonds is 1. The van der Waals surface area contributed by atoms with Gasteiger partial charge in [-0.2, -0.15) is 13.2 Å². The third-order valence-corrected chi connectivity index (χ3v) is 2.39. The zero-order chi connectivity index (χ0) is 14.0. The van der Waals surface area contributed by atoms with Gasteiger partial charge in [-0.15, -0.1) is 0 Å². The van der Waals surface area contributed by atoms with Gasteiger partial charge in [-0.3, -0.25) is 0 Å². The van der Waals surface area contributed by atoms with Crippen LogP contribution in [-0.4, -0.2) is 48.4 Å². The molecule has 0 aromatic heterocycles. The molecule has 0 aliphatic carbocycles. The van der Waals surface area contributed by atoms with Gasteiger partial charge in [0.15, 0.2) is 0 Å². The zero-order valence-electron chi connectivity index (χ0n) is 10.8. The van der Waals surface area contributed by atoms with E-state index in [2.05, 4.69) is 5.32 Å². The summed E-state index contributed by atoms with van der Waals surface area (Å²) in [6, 6.07) is -0.758. The fourth-order valence-corrected chi connectivity index (χ4v) is 1.73. The van der Waals surface area contributed by atoms with Crippen molar-refractivity contribution in [2.45, 2.75) is 45.0 Å². The van der Waals surface area contributed by atoms with Crippen LogP contribution >= 0.6 is 0 Å². The first-order valence-corrected chi connectivity index (χ1v) is 5.85. The molecule has 1 amide bonds. The molecule has 1 aliphatic heterocycles. The van der Waals surface area contributed by atoms with Gasteiger partial charge < -0.3 is 15.0 Å². The lowest BCUT2D eigenvalue weighted by atomic mass is 10.1. The van der Waals surface area contributed by atoms with Crippen molar-refractivity contribution in [3.63, 3.8) is 0 Å². The second kappa shape index (κ2) is 5.34. The monoisotopic (exact) mass is 268 g/mol. The molecule has 0 radical (unpaired) electrons. The molecule has 1 atom stereocenters. The maximum absolute atomic E-state index is 12.3. The first-order chi connectivity index (χ1) is 8.07. The molecule has 7 heteroatoms. The standard InChI is InChI=1S/C11H19F3N2O2/c1-10(2,3)18-9(17)16-5-4-15-8(7-16)6-11(12,13)14/h8,15H,4-7H2,1-3H3/t8-/m0/s1. The van der Waals surface area contributed by atoms with Crippen molar-refractivity contribution in [3.05, 3.63) is 0 Å². The van der Waals surface area contributed by atoms with Crippen molar-refractivity contribution in [2.24, 2.45) is 0 Å². The van der Waals surface area contributed by atoms with E-state index in [1.54, 1.807) is 20.8 Å². The minimum absolute atomic E-state index is 0.0222. The van der Waals surface area contributed by atoms with E-state index in [1.165, 1.54) is 4.90 Å². The van der Waals surface area contributed by atoms with Crippen LogP contribution in [0.2, 0.25) is 0 Å². The Morgan fingerprint density at radius 3 is 2.50 bits per heavy atom. The molecular formula is C11H19F3N2O2. The summed E-state index contributed by atoms with van der Waals surface area (Å²) in [4.78, 5) is 13.0. The van der Waals surface area contributed by atoms with E-state index in [1.807, 2.05) is 0 Å². The molecule has 106 valence electrons. The molecule has 1 aliphatic rings. The minimum Gasteiger partial charge on any atom is -0.444 e. The number of carbonyl (C=O) groups is 1. The molecule has 1 saturated heterocycles. The van der Waals surface area contributed by atoms with Crippen molar-refractivity contribution in [2.75, 3.05) is 19.6 Å². The number of halogens is 3. The third kappa shape index (κ3) is 5.57. The Morgan fingerprint density at radius 1 is 1.39 bits per heavy atom. The molecule has 1 fully saturated rings. The number of piperazine rings is 1. The summed E-state index contributed by atoms with van der Waals surface area (Å²) in [6.45, 7) is 5.90. The average Bonchev–Trinajstić information content (AvgIpc) is 2.12. The number of nitrogens with one attached hydrogen (secondary N) is 1. The number of carbonyl (C=O) groups excluding carboxylic acids is 1. The fourth-order valence-electron chi connectivity index (χ4n) is 1.73. The first-order valence-electron chi connectivity index (χ1n) is 5.85. The van der Waals surface area contributed by atoms with Crippen LogP contribution in [0.5, 0.6) is 0 Å². The molecule has 1 rings (SSSR count). The predicted molar refractivity (Wildman–Crippen MR) is 60.3 cm³/mol. The highest BCUT2D eigenvalue weighted by Crippen LogP contribution is 2.23. The molecule has 18 heavy (non-hydrogen) atoms. The number of amides is 1. The van der Waals surface area contributed by atoms with E-state index in [9.17, 15) is 18.0 Å². The van der Waals surface area contributed by atoms with Gasteiger partial charge in [-0.25, -0.2) is 4.79 Å². The van der Waals surface area contributed by atoms with Crippen LogP contribution in [0, 0.1) is 0 Å². The summed E-state index contributed by atoms with van der Waals surface area (Å²) in [6.07, 6.45) is -5.72. The number of hydrogen-bond acceptors (Lipinski definition) is 3. The van der Waals surface area contributed by atoms with E-state index in [4.69, 9.17) is 4.74 Å². The summed E-state index contributed by atoms with van der Waals surface area (Å²) in [5.74, 6) is 0. The van der Waals surface area contributed by atoms with Crippen LogP contribution in [0.4, 0.5) is 18.0 Å². The molecular weight excluding hydrogens is 249 g/mol. The van der Waals surface area contributed by atoms with Gasteiger partial charge in [0.1, 0.15) is 5.60 Å². The van der Waals surface area contributed by atoms with Crippen LogP contribution < -0.4 is 5.32 Å². The van der Waals surface area contributed by atoms with E-state index in [0.717, 1.165) is 0 Å². The first kappa shape index (κ1) is 15.1. The van der Waals surface area contributed by atoms with Crippen LogP contribution in [-0.2, 0) is 4.74 Å². The Hall–Kier alpha value is -0.980. The van der Waals surface area contributed by atoms with Gasteiger partial charge in [0.05, 0.1) is 6.42 Å². The van der Waals surface area contributed by atoms with Gasteiger partial charge >= 0.3 is 12.3 Å². The fraction of sp³-hybridized carbons (Fsp3) is 0.909. The van der Waals surface area contributed by atoms with Gasteiger partial charge in [0.25, 0.3) is 0 Å². The van der Waals surface area contributed by atoms with E-state index < -0.39 is 30.3 Å². The second-order valence-corrected chi connectivity index (χ2v) is 5.40. The van der Waals surface area contributed by atoms with E-state index in [0.29, 0.717) is 13.1 Å². The number of hydrogen-bond donors (Lipinski definition) is 1. The van der Waals surface area contributed by atoms with Gasteiger partial charge in [-0.05, 0) is 20.8 Å². The highest BCUT2D eigenvalue weighted by Gasteiger charge is 2.35. The molecule has 0 aromatic rings. The number of ether oxygens (including phenoxy) is 1. The Balaban J connectivity index is 2.51. The normalized spacial score (nSPS) is 21.9. The molecule has 1 heterocycles. The van der Waals surface area contributed by atoms with E-state index in [-0.39, 0.29) is 6.54 Å². The maximum Gasteiger partial charge on any atom is 0.410 e. The lowest BCUT2D eigenvalue weighted by Gasteiger charge is -2.35. The molecule has 0 aromatic carbocycles. The SMILES string of the molecule is CC(C)(C)OC(=O)N1CCN[C@@H](CC(F)(F)F)C1. The van der Waals surface area contributed by atoms with Gasteiger partial charge in [0.2, 0.25) is 0 Å². The molecule has 1 N–H and O–H groups in total. The van der Waals surface area contributed by atoms with Crippen molar-refractivity contribution >= 4 is 6.09 Å². The highest BCUT2D eigenvalue weighted by molar-refractivity contribution is 5.68. The Bertz CT molecular complexity index is 300. The highest BCUT2D eigenvalue weighted by atomic mass is 19.4. The van der Waals surface area contributed by atoms with Crippen LogP contribution in [0.1, 0.15) is 27.2 Å². The van der Waals surface area contributed by atoms with Gasteiger partial charge in [-0.1, -0.05) is 0 Å². The molecule has 0 spiro atoms. The Kier molecular flexibility index (Phi) is 4.47. The maximum atomic E-state index is 12.3. The third-order valence-electron chi connectivity index (χ3n) is 2.39. The summed E-state index contributed by atoms with van der Waals surface area (Å²) < 4.78 is 41.9. The molecule has 0 saturated carbocycles. The largest absolute Gasteiger partial charge is 0.444 e. The quantitative estimate of drug-likeness (QED) is 0.792.